The molecule has 0 unspecified atom stereocenters. The summed E-state index contributed by atoms with van der Waals surface area (Å²) in [4.78, 5) is 28.5. The molecule has 0 saturated heterocycles. The summed E-state index contributed by atoms with van der Waals surface area (Å²) in [5.41, 5.74) is 23.8. The van der Waals surface area contributed by atoms with Crippen LogP contribution in [0, 0.1) is 0 Å². The Bertz CT molecular complexity index is 700. The number of nitrogens with one attached hydrogen (secondary N) is 4. The summed E-state index contributed by atoms with van der Waals surface area (Å²) in [7, 11) is 3.10. The zero-order valence-corrected chi connectivity index (χ0v) is 23.5. The van der Waals surface area contributed by atoms with Crippen LogP contribution in [0.1, 0.15) is 48.7 Å². The number of rotatable bonds is 4. The van der Waals surface area contributed by atoms with Gasteiger partial charge < -0.3 is 43.5 Å². The van der Waals surface area contributed by atoms with Crippen molar-refractivity contribution in [2.45, 2.75) is 27.7 Å². The monoisotopic (exact) mass is 572 g/mol. The van der Waals surface area contributed by atoms with E-state index in [2.05, 4.69) is 41.0 Å². The number of hydrogen-bond acceptors (Lipinski definition) is 10. The van der Waals surface area contributed by atoms with Crippen molar-refractivity contribution in [3.8, 4) is 0 Å². The number of aromatic nitrogens is 6. The van der Waals surface area contributed by atoms with Gasteiger partial charge in [0, 0.05) is 91.4 Å². The molecule has 0 aliphatic rings. The summed E-state index contributed by atoms with van der Waals surface area (Å²) < 4.78 is 0. The van der Waals surface area contributed by atoms with Gasteiger partial charge in [-0.05, 0) is 0 Å². The summed E-state index contributed by atoms with van der Waals surface area (Å²) in [5.74, 6) is -1.63. The van der Waals surface area contributed by atoms with E-state index in [1.807, 2.05) is 27.7 Å². The van der Waals surface area contributed by atoms with Gasteiger partial charge in [0.25, 0.3) is 11.8 Å². The minimum absolute atomic E-state index is 0. The Hall–Kier alpha value is -1.63. The molecule has 2 aromatic heterocycles. The average molecular weight is 572 g/mol. The van der Waals surface area contributed by atoms with Crippen LogP contribution in [0.3, 0.4) is 0 Å². The fourth-order valence-electron chi connectivity index (χ4n) is 1.33. The molecule has 16 heteroatoms. The largest absolute Gasteiger partial charge is 0.409 e. The molecule has 8 N–H and O–H groups in total. The molecule has 0 saturated carbocycles. The van der Waals surface area contributed by atoms with Crippen molar-refractivity contribution >= 4 is 35.3 Å². The molecule has 0 spiro atoms. The van der Waals surface area contributed by atoms with Gasteiger partial charge in [-0.2, -0.15) is 0 Å². The van der Waals surface area contributed by atoms with Crippen LogP contribution in [-0.2, 0) is 65.4 Å². The zero-order valence-electron chi connectivity index (χ0n) is 17.8. The van der Waals surface area contributed by atoms with E-state index in [1.165, 1.54) is 0 Å². The van der Waals surface area contributed by atoms with Gasteiger partial charge in [0.15, 0.2) is 11.4 Å². The van der Waals surface area contributed by atoms with E-state index in [9.17, 15) is 9.59 Å². The Morgan fingerprint density at radius 3 is 1.17 bits per heavy atom. The van der Waals surface area contributed by atoms with E-state index in [-0.39, 0.29) is 100 Å². The van der Waals surface area contributed by atoms with Crippen LogP contribution in [0.25, 0.3) is 11.5 Å². The molecule has 14 nitrogen and oxygen atoms in total. The van der Waals surface area contributed by atoms with Crippen LogP contribution >= 0.6 is 0 Å². The van der Waals surface area contributed by atoms with Crippen LogP contribution in [0.15, 0.2) is 0 Å². The van der Waals surface area contributed by atoms with E-state index in [0.717, 1.165) is 0 Å². The van der Waals surface area contributed by atoms with E-state index >= 15 is 0 Å². The van der Waals surface area contributed by atoms with Crippen molar-refractivity contribution in [2.24, 2.45) is 11.5 Å². The van der Waals surface area contributed by atoms with Crippen LogP contribution < -0.4 is 22.1 Å². The van der Waals surface area contributed by atoms with Crippen molar-refractivity contribution in [3.05, 3.63) is 22.9 Å². The Morgan fingerprint density at radius 2 is 0.967 bits per heavy atom. The third kappa shape index (κ3) is 12.8. The zero-order chi connectivity index (χ0) is 22.3. The second-order valence-corrected chi connectivity index (χ2v) is 3.89. The Kier molecular flexibility index (Phi) is 24.6. The number of nitrogens with zero attached hydrogens (tertiary/aromatic N) is 6. The summed E-state index contributed by atoms with van der Waals surface area (Å²) in [6.45, 7) is 8.00. The van der Waals surface area contributed by atoms with E-state index in [0.29, 0.717) is 0 Å². The number of nitrogens with two attached hydrogens (primary N) is 2. The third-order valence-corrected chi connectivity index (χ3v) is 2.31. The fourth-order valence-corrected chi connectivity index (χ4v) is 1.33. The Balaban J connectivity index is -0.000000183. The van der Waals surface area contributed by atoms with Crippen LogP contribution in [-0.4, -0.2) is 56.3 Å². The fraction of sp³-hybridized carbons (Fsp3) is 0.429. The van der Waals surface area contributed by atoms with Crippen molar-refractivity contribution in [3.63, 3.8) is 0 Å². The quantitative estimate of drug-likeness (QED) is 0.411. The molecule has 2 rings (SSSR count). The van der Waals surface area contributed by atoms with Crippen LogP contribution in [0.2, 0.25) is 0 Å². The molecule has 2 amide bonds. The van der Waals surface area contributed by atoms with Gasteiger partial charge in [-0.1, -0.05) is 27.7 Å². The molecule has 0 aromatic carbocycles. The van der Waals surface area contributed by atoms with Gasteiger partial charge in [0.2, 0.25) is 0 Å². The molecule has 2 aromatic rings. The molecule has 0 bridgehead atoms. The molecular weight excluding hydrogens is 546 g/mol. The first-order chi connectivity index (χ1) is 13.3. The molecule has 30 heavy (non-hydrogen) atoms. The molecule has 162 valence electrons. The van der Waals surface area contributed by atoms with E-state index in [4.69, 9.17) is 22.9 Å². The molecule has 0 aliphatic carbocycles. The average Bonchev–Trinajstić information content (AvgIpc) is 2.70. The van der Waals surface area contributed by atoms with Crippen LogP contribution in [0.5, 0.6) is 0 Å². The first-order valence-electron chi connectivity index (χ1n) is 8.17. The van der Waals surface area contributed by atoms with Crippen molar-refractivity contribution in [2.75, 3.05) is 24.7 Å². The summed E-state index contributed by atoms with van der Waals surface area (Å²) >= 11 is 0. The smallest absolute Gasteiger partial charge is 0.270 e. The van der Waals surface area contributed by atoms with E-state index in [1.54, 1.807) is 14.1 Å². The second kappa shape index (κ2) is 20.6. The number of anilines is 2. The normalized spacial score (nSPS) is 7.93. The molecule has 2 radical (unpaired) electrons. The first-order valence-corrected chi connectivity index (χ1v) is 8.17. The number of primary amides is 2. The van der Waals surface area contributed by atoms with Crippen molar-refractivity contribution in [1.29, 1.82) is 0 Å². The Labute approximate surface area is 225 Å². The van der Waals surface area contributed by atoms with Crippen molar-refractivity contribution in [1.82, 2.24) is 30.4 Å². The van der Waals surface area contributed by atoms with Gasteiger partial charge in [-0.15, -0.1) is 0 Å². The molecule has 2 heterocycles. The SMILES string of the molecule is CC.CC.CNc1nc([NH-])nnc1C(N)=O.CNc1nc([NH-])nnc1C(N)=O.[Y].[Y]. The molecule has 0 aliphatic heterocycles. The molecule has 0 atom stereocenters. The second-order valence-electron chi connectivity index (χ2n) is 3.89. The topological polar surface area (TPSA) is 235 Å². The maximum atomic E-state index is 10.7. The number of carbonyl (C=O) groups excluding carboxylic acids is 2. The van der Waals surface area contributed by atoms with Gasteiger partial charge in [-0.25, -0.2) is 10.2 Å². The van der Waals surface area contributed by atoms with Crippen LogP contribution in [0.4, 0.5) is 23.5 Å². The number of hydrogen-bond donors (Lipinski definition) is 4. The molecular formula is C14H26N12O2Y2-2. The van der Waals surface area contributed by atoms with Gasteiger partial charge in [-0.3, -0.25) is 19.8 Å². The summed E-state index contributed by atoms with van der Waals surface area (Å²) in [6, 6.07) is 0. The maximum Gasteiger partial charge on any atom is 0.270 e. The Morgan fingerprint density at radius 1 is 0.700 bits per heavy atom. The number of carbonyl (C=O) groups is 2. The van der Waals surface area contributed by atoms with Gasteiger partial charge >= 0.3 is 0 Å². The van der Waals surface area contributed by atoms with Gasteiger partial charge in [0.05, 0.1) is 11.6 Å². The summed E-state index contributed by atoms with van der Waals surface area (Å²) in [5, 5.41) is 18.5. The minimum Gasteiger partial charge on any atom is -0.409 e. The molecule has 0 fully saturated rings. The first kappa shape index (κ1) is 35.8. The van der Waals surface area contributed by atoms with E-state index < -0.39 is 11.8 Å². The summed E-state index contributed by atoms with van der Waals surface area (Å²) in [6.07, 6.45) is 0. The number of amides is 2. The maximum absolute atomic E-state index is 10.7. The predicted molar refractivity (Wildman–Crippen MR) is 106 cm³/mol. The minimum atomic E-state index is -0.723. The predicted octanol–water partition coefficient (Wildman–Crippen LogP) is 1.44. The standard InChI is InChI=1S/2C5H8N6O.2C2H6.2Y/c2*1-8-4-2(3(6)12)10-11-5(7)9-4;2*1-2;;/h2*1H3,(H5,6,7,8,9,11,12);2*1-2H3;;/p-2. The van der Waals surface area contributed by atoms with Gasteiger partial charge in [0.1, 0.15) is 0 Å². The third-order valence-electron chi connectivity index (χ3n) is 2.31. The van der Waals surface area contributed by atoms with Crippen molar-refractivity contribution < 1.29 is 75.0 Å².